The van der Waals surface area contributed by atoms with Crippen LogP contribution in [0.4, 0.5) is 0 Å². The fourth-order valence-electron chi connectivity index (χ4n) is 1.34. The standard InChI is InChI=1S/C14H20O4S2/c1-3-5-7-17-12(15)11(14-19-9-10-20-14)13(16)18-8-6-4-2/h9-10H,3-8H2,1-2H3. The predicted octanol–water partition coefficient (Wildman–Crippen LogP) is 3.84. The second-order valence-corrected chi connectivity index (χ2v) is 6.24. The molecule has 0 amide bonds. The van der Waals surface area contributed by atoms with Crippen molar-refractivity contribution in [1.82, 2.24) is 0 Å². The molecule has 1 rings (SSSR count). The zero-order valence-electron chi connectivity index (χ0n) is 11.8. The van der Waals surface area contributed by atoms with E-state index in [0.717, 1.165) is 25.7 Å². The zero-order valence-corrected chi connectivity index (χ0v) is 13.5. The van der Waals surface area contributed by atoms with Crippen LogP contribution in [0.15, 0.2) is 20.6 Å². The topological polar surface area (TPSA) is 52.6 Å². The van der Waals surface area contributed by atoms with Crippen LogP contribution in [0.2, 0.25) is 0 Å². The molecule has 6 heteroatoms. The summed E-state index contributed by atoms with van der Waals surface area (Å²) in [5.41, 5.74) is 0.0252. The van der Waals surface area contributed by atoms with Gasteiger partial charge in [0.1, 0.15) is 0 Å². The zero-order chi connectivity index (χ0) is 14.8. The van der Waals surface area contributed by atoms with E-state index < -0.39 is 11.9 Å². The van der Waals surface area contributed by atoms with Crippen LogP contribution >= 0.6 is 23.5 Å². The molecule has 0 bridgehead atoms. The number of thioether (sulfide) groups is 2. The first-order valence-electron chi connectivity index (χ1n) is 6.77. The molecule has 0 fully saturated rings. The van der Waals surface area contributed by atoms with E-state index in [1.807, 2.05) is 24.7 Å². The quantitative estimate of drug-likeness (QED) is 0.223. The minimum absolute atomic E-state index is 0.0252. The Morgan fingerprint density at radius 2 is 1.40 bits per heavy atom. The van der Waals surface area contributed by atoms with E-state index in [4.69, 9.17) is 9.47 Å². The molecule has 1 aliphatic rings. The van der Waals surface area contributed by atoms with Crippen molar-refractivity contribution >= 4 is 35.5 Å². The normalized spacial score (nSPS) is 13.4. The summed E-state index contributed by atoms with van der Waals surface area (Å²) < 4.78 is 10.9. The van der Waals surface area contributed by atoms with Crippen molar-refractivity contribution in [3.63, 3.8) is 0 Å². The van der Waals surface area contributed by atoms with E-state index >= 15 is 0 Å². The molecule has 4 nitrogen and oxygen atoms in total. The van der Waals surface area contributed by atoms with Gasteiger partial charge >= 0.3 is 11.9 Å². The minimum atomic E-state index is -0.585. The largest absolute Gasteiger partial charge is 0.462 e. The lowest BCUT2D eigenvalue weighted by atomic mass is 10.3. The summed E-state index contributed by atoms with van der Waals surface area (Å²) in [5, 5.41) is 3.66. The lowest BCUT2D eigenvalue weighted by molar-refractivity contribution is -0.147. The van der Waals surface area contributed by atoms with Gasteiger partial charge in [-0.3, -0.25) is 0 Å². The summed E-state index contributed by atoms with van der Waals surface area (Å²) in [6, 6.07) is 0. The highest BCUT2D eigenvalue weighted by Crippen LogP contribution is 2.40. The fraction of sp³-hybridized carbons (Fsp3) is 0.571. The van der Waals surface area contributed by atoms with Gasteiger partial charge in [0.15, 0.2) is 5.57 Å². The Hall–Kier alpha value is -0.880. The molecule has 0 radical (unpaired) electrons. The second kappa shape index (κ2) is 9.94. The lowest BCUT2D eigenvalue weighted by Gasteiger charge is -2.10. The summed E-state index contributed by atoms with van der Waals surface area (Å²) in [5.74, 6) is -1.17. The number of hydrogen-bond acceptors (Lipinski definition) is 6. The van der Waals surface area contributed by atoms with Crippen molar-refractivity contribution in [3.05, 3.63) is 20.6 Å². The van der Waals surface area contributed by atoms with Crippen LogP contribution in [-0.4, -0.2) is 25.2 Å². The predicted molar refractivity (Wildman–Crippen MR) is 83.1 cm³/mol. The Morgan fingerprint density at radius 3 is 1.80 bits per heavy atom. The summed E-state index contributed by atoms with van der Waals surface area (Å²) >= 11 is 2.69. The number of ether oxygens (including phenoxy) is 2. The Bertz CT molecular complexity index is 368. The molecule has 0 unspecified atom stereocenters. The third-order valence-electron chi connectivity index (χ3n) is 2.48. The highest BCUT2D eigenvalue weighted by Gasteiger charge is 2.27. The number of carbonyl (C=O) groups excluding carboxylic acids is 2. The molecule has 0 aromatic carbocycles. The molecule has 112 valence electrons. The van der Waals surface area contributed by atoms with Crippen LogP contribution in [0.25, 0.3) is 0 Å². The summed E-state index contributed by atoms with van der Waals surface area (Å²) in [6.07, 6.45) is 3.45. The number of unbranched alkanes of at least 4 members (excludes halogenated alkanes) is 2. The van der Waals surface area contributed by atoms with Gasteiger partial charge in [0.25, 0.3) is 0 Å². The Morgan fingerprint density at radius 1 is 0.950 bits per heavy atom. The SMILES string of the molecule is CCCCOC(=O)C(C(=O)OCCCC)=C1SC=CS1. The lowest BCUT2D eigenvalue weighted by Crippen LogP contribution is -2.20. The van der Waals surface area contributed by atoms with Crippen molar-refractivity contribution in [2.24, 2.45) is 0 Å². The molecule has 0 saturated carbocycles. The smallest absolute Gasteiger partial charge is 0.347 e. The molecule has 0 aromatic heterocycles. The average Bonchev–Trinajstić information content (AvgIpc) is 2.93. The van der Waals surface area contributed by atoms with Gasteiger partial charge in [-0.05, 0) is 23.7 Å². The van der Waals surface area contributed by atoms with Crippen LogP contribution in [0, 0.1) is 0 Å². The van der Waals surface area contributed by atoms with Crippen LogP contribution < -0.4 is 0 Å². The van der Waals surface area contributed by atoms with Crippen LogP contribution in [0.1, 0.15) is 39.5 Å². The molecule has 0 saturated heterocycles. The number of hydrogen-bond donors (Lipinski definition) is 0. The number of esters is 2. The Labute approximate surface area is 128 Å². The number of carbonyl (C=O) groups is 2. The van der Waals surface area contributed by atoms with E-state index in [9.17, 15) is 9.59 Å². The molecule has 0 spiro atoms. The van der Waals surface area contributed by atoms with Gasteiger partial charge in [0.2, 0.25) is 0 Å². The molecule has 20 heavy (non-hydrogen) atoms. The van der Waals surface area contributed by atoms with Crippen molar-refractivity contribution in [2.45, 2.75) is 39.5 Å². The first-order chi connectivity index (χ1) is 9.70. The van der Waals surface area contributed by atoms with Gasteiger partial charge < -0.3 is 9.47 Å². The third-order valence-corrected chi connectivity index (χ3v) is 4.61. The molecule has 0 N–H and O–H groups in total. The average molecular weight is 316 g/mol. The van der Waals surface area contributed by atoms with Gasteiger partial charge in [0.05, 0.1) is 17.5 Å². The van der Waals surface area contributed by atoms with E-state index in [0.29, 0.717) is 17.5 Å². The van der Waals surface area contributed by atoms with Crippen LogP contribution in [0.5, 0.6) is 0 Å². The molecule has 0 aliphatic carbocycles. The molecular formula is C14H20O4S2. The first kappa shape index (κ1) is 17.2. The summed E-state index contributed by atoms with van der Waals surface area (Å²) in [4.78, 5) is 24.1. The summed E-state index contributed by atoms with van der Waals surface area (Å²) in [7, 11) is 0. The Kier molecular flexibility index (Phi) is 8.53. The maximum atomic E-state index is 12.0. The maximum Gasteiger partial charge on any atom is 0.347 e. The molecular weight excluding hydrogens is 296 g/mol. The van der Waals surface area contributed by atoms with E-state index in [-0.39, 0.29) is 5.57 Å². The van der Waals surface area contributed by atoms with E-state index in [1.165, 1.54) is 23.5 Å². The fourth-order valence-corrected chi connectivity index (χ4v) is 3.15. The van der Waals surface area contributed by atoms with Gasteiger partial charge in [-0.2, -0.15) is 0 Å². The van der Waals surface area contributed by atoms with E-state index in [1.54, 1.807) is 0 Å². The third kappa shape index (κ3) is 5.63. The molecule has 0 atom stereocenters. The van der Waals surface area contributed by atoms with Crippen LogP contribution in [0.3, 0.4) is 0 Å². The van der Waals surface area contributed by atoms with Crippen molar-refractivity contribution in [2.75, 3.05) is 13.2 Å². The Balaban J connectivity index is 2.68. The monoisotopic (exact) mass is 316 g/mol. The minimum Gasteiger partial charge on any atom is -0.462 e. The van der Waals surface area contributed by atoms with Crippen molar-refractivity contribution in [3.8, 4) is 0 Å². The number of rotatable bonds is 8. The second-order valence-electron chi connectivity index (χ2n) is 4.15. The molecule has 1 aliphatic heterocycles. The van der Waals surface area contributed by atoms with Gasteiger partial charge in [-0.25, -0.2) is 9.59 Å². The van der Waals surface area contributed by atoms with Crippen molar-refractivity contribution < 1.29 is 19.1 Å². The highest BCUT2D eigenvalue weighted by molar-refractivity contribution is 8.27. The summed E-state index contributed by atoms with van der Waals surface area (Å²) in [6.45, 7) is 4.69. The van der Waals surface area contributed by atoms with Gasteiger partial charge in [-0.15, -0.1) is 0 Å². The van der Waals surface area contributed by atoms with Gasteiger partial charge in [-0.1, -0.05) is 50.2 Å². The van der Waals surface area contributed by atoms with Gasteiger partial charge in [0, 0.05) is 0 Å². The molecule has 0 aromatic rings. The first-order valence-corrected chi connectivity index (χ1v) is 8.53. The van der Waals surface area contributed by atoms with E-state index in [2.05, 4.69) is 0 Å². The van der Waals surface area contributed by atoms with Crippen LogP contribution in [-0.2, 0) is 19.1 Å². The molecule has 1 heterocycles. The highest BCUT2D eigenvalue weighted by atomic mass is 32.2. The maximum absolute atomic E-state index is 12.0. The van der Waals surface area contributed by atoms with Crippen molar-refractivity contribution in [1.29, 1.82) is 0 Å².